The van der Waals surface area contributed by atoms with E-state index in [1.807, 2.05) is 9.80 Å². The molecular formula is C15H27N3O3. The molecule has 2 atom stereocenters. The molecule has 2 amide bonds. The van der Waals surface area contributed by atoms with E-state index in [-0.39, 0.29) is 18.4 Å². The molecule has 120 valence electrons. The molecular weight excluding hydrogens is 270 g/mol. The van der Waals surface area contributed by atoms with Gasteiger partial charge in [-0.3, -0.25) is 9.69 Å². The number of piperidine rings is 1. The number of carboxylic acid groups (broad SMARTS) is 1. The van der Waals surface area contributed by atoms with E-state index >= 15 is 0 Å². The highest BCUT2D eigenvalue weighted by atomic mass is 16.4. The Bertz CT molecular complexity index is 388. The molecule has 2 heterocycles. The van der Waals surface area contributed by atoms with Crippen LogP contribution in [-0.2, 0) is 4.79 Å². The third-order valence-corrected chi connectivity index (χ3v) is 4.69. The normalized spacial score (nSPS) is 27.7. The lowest BCUT2D eigenvalue weighted by molar-refractivity contribution is -0.138. The van der Waals surface area contributed by atoms with Gasteiger partial charge in [0.1, 0.15) is 0 Å². The maximum absolute atomic E-state index is 12.6. The van der Waals surface area contributed by atoms with E-state index in [1.54, 1.807) is 0 Å². The molecule has 0 aromatic carbocycles. The zero-order valence-corrected chi connectivity index (χ0v) is 13.1. The molecule has 6 heteroatoms. The first-order valence-corrected chi connectivity index (χ1v) is 8.01. The van der Waals surface area contributed by atoms with Gasteiger partial charge in [0.05, 0.1) is 0 Å². The van der Waals surface area contributed by atoms with Gasteiger partial charge in [0, 0.05) is 45.2 Å². The maximum atomic E-state index is 12.6. The summed E-state index contributed by atoms with van der Waals surface area (Å²) in [5, 5.41) is 8.91. The average molecular weight is 297 g/mol. The summed E-state index contributed by atoms with van der Waals surface area (Å²) in [6.07, 6.45) is 1.99. The average Bonchev–Trinajstić information content (AvgIpc) is 2.46. The molecule has 6 nitrogen and oxygen atoms in total. The van der Waals surface area contributed by atoms with Gasteiger partial charge in [-0.25, -0.2) is 4.79 Å². The van der Waals surface area contributed by atoms with Crippen molar-refractivity contribution in [3.05, 3.63) is 0 Å². The second-order valence-electron chi connectivity index (χ2n) is 6.26. The van der Waals surface area contributed by atoms with Gasteiger partial charge in [0.25, 0.3) is 0 Å². The number of nitrogens with zero attached hydrogens (tertiary/aromatic N) is 3. The Balaban J connectivity index is 1.89. The van der Waals surface area contributed by atoms with Gasteiger partial charge < -0.3 is 14.9 Å². The molecule has 0 aromatic rings. The summed E-state index contributed by atoms with van der Waals surface area (Å²) in [7, 11) is 0. The zero-order chi connectivity index (χ0) is 15.4. The number of carbonyl (C=O) groups excluding carboxylic acids is 1. The summed E-state index contributed by atoms with van der Waals surface area (Å²) in [4.78, 5) is 29.6. The third kappa shape index (κ3) is 4.09. The molecule has 2 aliphatic heterocycles. The molecule has 0 spiro atoms. The SMILES string of the molecule is CCN1CCN(C(=O)N2CCCC(CC(=O)O)C2)CC1C. The number of likely N-dealkylation sites (N-methyl/N-ethyl adjacent to an activating group) is 1. The molecule has 2 fully saturated rings. The van der Waals surface area contributed by atoms with Gasteiger partial charge in [0.2, 0.25) is 0 Å². The molecule has 0 aromatic heterocycles. The second kappa shape index (κ2) is 7.11. The van der Waals surface area contributed by atoms with Crippen LogP contribution in [0.3, 0.4) is 0 Å². The molecule has 0 bridgehead atoms. The number of rotatable bonds is 3. The summed E-state index contributed by atoms with van der Waals surface area (Å²) < 4.78 is 0. The fourth-order valence-corrected chi connectivity index (χ4v) is 3.49. The molecule has 1 N–H and O–H groups in total. The number of piperazine rings is 1. The van der Waals surface area contributed by atoms with Crippen LogP contribution in [0.1, 0.15) is 33.1 Å². The first-order chi connectivity index (χ1) is 10.0. The molecule has 0 saturated carbocycles. The van der Waals surface area contributed by atoms with Crippen LogP contribution in [0.15, 0.2) is 0 Å². The third-order valence-electron chi connectivity index (χ3n) is 4.69. The van der Waals surface area contributed by atoms with Crippen LogP contribution in [-0.4, -0.2) is 77.1 Å². The van der Waals surface area contributed by atoms with E-state index in [0.717, 1.165) is 45.6 Å². The molecule has 0 radical (unpaired) electrons. The predicted molar refractivity (Wildman–Crippen MR) is 80.2 cm³/mol. The Kier molecular flexibility index (Phi) is 5.45. The van der Waals surface area contributed by atoms with E-state index < -0.39 is 5.97 Å². The van der Waals surface area contributed by atoms with Crippen LogP contribution in [0.25, 0.3) is 0 Å². The Morgan fingerprint density at radius 2 is 1.86 bits per heavy atom. The number of carboxylic acids is 1. The summed E-state index contributed by atoms with van der Waals surface area (Å²) in [6.45, 7) is 9.15. The minimum absolute atomic E-state index is 0.0905. The van der Waals surface area contributed by atoms with Gasteiger partial charge in [-0.2, -0.15) is 0 Å². The summed E-state index contributed by atoms with van der Waals surface area (Å²) in [5.41, 5.74) is 0. The molecule has 0 aliphatic carbocycles. The van der Waals surface area contributed by atoms with Crippen molar-refractivity contribution in [2.75, 3.05) is 39.3 Å². The van der Waals surface area contributed by atoms with Gasteiger partial charge in [0.15, 0.2) is 0 Å². The van der Waals surface area contributed by atoms with E-state index in [4.69, 9.17) is 5.11 Å². The van der Waals surface area contributed by atoms with E-state index in [9.17, 15) is 9.59 Å². The molecule has 21 heavy (non-hydrogen) atoms. The number of aliphatic carboxylic acids is 1. The second-order valence-corrected chi connectivity index (χ2v) is 6.26. The van der Waals surface area contributed by atoms with Crippen LogP contribution in [0, 0.1) is 5.92 Å². The lowest BCUT2D eigenvalue weighted by atomic mass is 9.95. The summed E-state index contributed by atoms with van der Waals surface area (Å²) in [6, 6.07) is 0.486. The van der Waals surface area contributed by atoms with Crippen molar-refractivity contribution in [2.45, 2.75) is 39.2 Å². The number of likely N-dealkylation sites (tertiary alicyclic amines) is 1. The topological polar surface area (TPSA) is 64.1 Å². The maximum Gasteiger partial charge on any atom is 0.320 e. The largest absolute Gasteiger partial charge is 0.481 e. The van der Waals surface area contributed by atoms with E-state index in [1.165, 1.54) is 0 Å². The van der Waals surface area contributed by atoms with E-state index in [0.29, 0.717) is 12.6 Å². The van der Waals surface area contributed by atoms with Crippen molar-refractivity contribution < 1.29 is 14.7 Å². The first-order valence-electron chi connectivity index (χ1n) is 8.01. The Morgan fingerprint density at radius 3 is 2.48 bits per heavy atom. The van der Waals surface area contributed by atoms with Gasteiger partial charge >= 0.3 is 12.0 Å². The van der Waals surface area contributed by atoms with Crippen LogP contribution < -0.4 is 0 Å². The van der Waals surface area contributed by atoms with Gasteiger partial charge in [-0.1, -0.05) is 6.92 Å². The monoisotopic (exact) mass is 297 g/mol. The molecule has 2 saturated heterocycles. The summed E-state index contributed by atoms with van der Waals surface area (Å²) >= 11 is 0. The quantitative estimate of drug-likeness (QED) is 0.853. The van der Waals surface area contributed by atoms with Crippen molar-refractivity contribution in [3.8, 4) is 0 Å². The minimum Gasteiger partial charge on any atom is -0.481 e. The summed E-state index contributed by atoms with van der Waals surface area (Å²) in [5.74, 6) is -0.658. The number of hydrogen-bond donors (Lipinski definition) is 1. The zero-order valence-electron chi connectivity index (χ0n) is 13.1. The Labute approximate surface area is 126 Å². The van der Waals surface area contributed by atoms with Crippen molar-refractivity contribution in [1.29, 1.82) is 0 Å². The smallest absolute Gasteiger partial charge is 0.320 e. The van der Waals surface area contributed by atoms with Crippen LogP contribution in [0.5, 0.6) is 0 Å². The van der Waals surface area contributed by atoms with Gasteiger partial charge in [-0.05, 0) is 32.2 Å². The lowest BCUT2D eigenvalue weighted by Gasteiger charge is -2.42. The predicted octanol–water partition coefficient (Wildman–Crippen LogP) is 1.32. The fraction of sp³-hybridized carbons (Fsp3) is 0.867. The highest BCUT2D eigenvalue weighted by Gasteiger charge is 2.31. The van der Waals surface area contributed by atoms with Crippen molar-refractivity contribution in [1.82, 2.24) is 14.7 Å². The number of amides is 2. The van der Waals surface area contributed by atoms with Crippen molar-refractivity contribution in [3.63, 3.8) is 0 Å². The Morgan fingerprint density at radius 1 is 1.14 bits per heavy atom. The van der Waals surface area contributed by atoms with Crippen molar-refractivity contribution >= 4 is 12.0 Å². The molecule has 2 rings (SSSR count). The van der Waals surface area contributed by atoms with Crippen molar-refractivity contribution in [2.24, 2.45) is 5.92 Å². The van der Waals surface area contributed by atoms with Gasteiger partial charge in [-0.15, -0.1) is 0 Å². The van der Waals surface area contributed by atoms with E-state index in [2.05, 4.69) is 18.7 Å². The number of carbonyl (C=O) groups is 2. The highest BCUT2D eigenvalue weighted by Crippen LogP contribution is 2.21. The van der Waals surface area contributed by atoms with Crippen LogP contribution in [0.2, 0.25) is 0 Å². The fourth-order valence-electron chi connectivity index (χ4n) is 3.49. The number of urea groups is 1. The first kappa shape index (κ1) is 16.1. The highest BCUT2D eigenvalue weighted by molar-refractivity contribution is 5.75. The lowest BCUT2D eigenvalue weighted by Crippen LogP contribution is -2.57. The van der Waals surface area contributed by atoms with Crippen LogP contribution >= 0.6 is 0 Å². The van der Waals surface area contributed by atoms with Crippen LogP contribution in [0.4, 0.5) is 4.79 Å². The molecule has 2 aliphatic rings. The molecule has 2 unspecified atom stereocenters. The number of hydrogen-bond acceptors (Lipinski definition) is 3. The standard InChI is InChI=1S/C15H27N3O3/c1-3-16-7-8-18(10-12(16)2)15(21)17-6-4-5-13(11-17)9-14(19)20/h12-13H,3-11H2,1-2H3,(H,19,20). The Hall–Kier alpha value is -1.30. The minimum atomic E-state index is -0.764.